The van der Waals surface area contributed by atoms with Crippen LogP contribution >= 0.6 is 11.6 Å². The summed E-state index contributed by atoms with van der Waals surface area (Å²) in [7, 11) is 0. The number of hydrogen-bond donors (Lipinski definition) is 0. The van der Waals surface area contributed by atoms with Crippen LogP contribution in [0.15, 0.2) is 48.5 Å². The molecule has 166 valence electrons. The van der Waals surface area contributed by atoms with Crippen molar-refractivity contribution in [2.75, 3.05) is 46.0 Å². The van der Waals surface area contributed by atoms with Gasteiger partial charge in [0, 0.05) is 31.2 Å². The Morgan fingerprint density at radius 1 is 0.742 bits per heavy atom. The van der Waals surface area contributed by atoms with Crippen LogP contribution in [0.4, 0.5) is 0 Å². The second-order valence-electron chi connectivity index (χ2n) is 7.05. The van der Waals surface area contributed by atoms with Gasteiger partial charge in [0.05, 0.1) is 6.61 Å². The first kappa shape index (κ1) is 22.7. The molecule has 1 fully saturated rings. The molecule has 0 atom stereocenters. The molecule has 1 heterocycles. The fourth-order valence-corrected chi connectivity index (χ4v) is 3.34. The first-order valence-electron chi connectivity index (χ1n) is 10.3. The van der Waals surface area contributed by atoms with E-state index in [1.54, 1.807) is 46.2 Å². The molecule has 0 N–H and O–H groups in total. The molecule has 0 spiro atoms. The molecule has 3 rings (SSSR count). The number of benzene rings is 2. The third-order valence-electron chi connectivity index (χ3n) is 4.87. The molecule has 1 aliphatic rings. The number of ether oxygens (including phenoxy) is 3. The highest BCUT2D eigenvalue weighted by Gasteiger charge is 2.22. The number of halogens is 1. The maximum Gasteiger partial charge on any atom is 0.260 e. The highest BCUT2D eigenvalue weighted by molar-refractivity contribution is 6.30. The summed E-state index contributed by atoms with van der Waals surface area (Å²) in [5.41, 5.74) is 0. The Labute approximate surface area is 187 Å². The average molecular weight is 447 g/mol. The van der Waals surface area contributed by atoms with Gasteiger partial charge in [-0.2, -0.15) is 0 Å². The van der Waals surface area contributed by atoms with E-state index in [0.717, 1.165) is 5.75 Å². The lowest BCUT2D eigenvalue weighted by atomic mass is 10.3. The molecule has 31 heavy (non-hydrogen) atoms. The van der Waals surface area contributed by atoms with Crippen molar-refractivity contribution in [2.45, 2.75) is 13.3 Å². The van der Waals surface area contributed by atoms with E-state index in [9.17, 15) is 9.59 Å². The van der Waals surface area contributed by atoms with Crippen molar-refractivity contribution in [1.82, 2.24) is 9.80 Å². The molecular formula is C23H27ClN2O5. The maximum atomic E-state index is 12.5. The van der Waals surface area contributed by atoms with Crippen LogP contribution in [0, 0.1) is 0 Å². The molecule has 0 radical (unpaired) electrons. The highest BCUT2D eigenvalue weighted by atomic mass is 35.5. The van der Waals surface area contributed by atoms with Crippen LogP contribution in [0.25, 0.3) is 0 Å². The molecule has 2 aromatic carbocycles. The van der Waals surface area contributed by atoms with Gasteiger partial charge in [0.2, 0.25) is 0 Å². The van der Waals surface area contributed by atoms with Crippen molar-refractivity contribution < 1.29 is 23.8 Å². The van der Waals surface area contributed by atoms with Crippen LogP contribution in [0.1, 0.15) is 13.3 Å². The second kappa shape index (κ2) is 11.5. The second-order valence-corrected chi connectivity index (χ2v) is 7.49. The zero-order valence-electron chi connectivity index (χ0n) is 17.6. The van der Waals surface area contributed by atoms with E-state index in [-0.39, 0.29) is 25.0 Å². The Kier molecular flexibility index (Phi) is 8.41. The van der Waals surface area contributed by atoms with E-state index >= 15 is 0 Å². The van der Waals surface area contributed by atoms with E-state index in [1.807, 2.05) is 19.1 Å². The first-order chi connectivity index (χ1) is 15.0. The topological polar surface area (TPSA) is 68.3 Å². The van der Waals surface area contributed by atoms with Crippen molar-refractivity contribution in [2.24, 2.45) is 0 Å². The standard InChI is InChI=1S/C23H27ClN2O5/c1-2-29-19-8-10-21(11-9-19)31-17-23(28)26-13-3-12-25(14-15-26)22(27)16-30-20-6-4-18(24)5-7-20/h4-11H,2-3,12-17H2,1H3. The predicted molar refractivity (Wildman–Crippen MR) is 118 cm³/mol. The van der Waals surface area contributed by atoms with Gasteiger partial charge in [-0.25, -0.2) is 0 Å². The monoisotopic (exact) mass is 446 g/mol. The number of rotatable bonds is 8. The summed E-state index contributed by atoms with van der Waals surface area (Å²) in [5.74, 6) is 1.77. The summed E-state index contributed by atoms with van der Waals surface area (Å²) in [4.78, 5) is 28.5. The lowest BCUT2D eigenvalue weighted by Crippen LogP contribution is -2.40. The zero-order valence-corrected chi connectivity index (χ0v) is 18.3. The van der Waals surface area contributed by atoms with Crippen molar-refractivity contribution in [1.29, 1.82) is 0 Å². The Bertz CT molecular complexity index is 857. The van der Waals surface area contributed by atoms with Gasteiger partial charge in [-0.05, 0) is 61.9 Å². The Balaban J connectivity index is 1.42. The summed E-state index contributed by atoms with van der Waals surface area (Å²) < 4.78 is 16.5. The normalized spacial score (nSPS) is 14.0. The maximum absolute atomic E-state index is 12.5. The van der Waals surface area contributed by atoms with Crippen LogP contribution in [0.3, 0.4) is 0 Å². The predicted octanol–water partition coefficient (Wildman–Crippen LogP) is 3.26. The number of nitrogens with zero attached hydrogens (tertiary/aromatic N) is 2. The summed E-state index contributed by atoms with van der Waals surface area (Å²) in [5, 5.41) is 0.613. The van der Waals surface area contributed by atoms with Crippen molar-refractivity contribution in [3.05, 3.63) is 53.6 Å². The molecule has 0 saturated carbocycles. The number of amides is 2. The number of carbonyl (C=O) groups excluding carboxylic acids is 2. The molecule has 7 nitrogen and oxygen atoms in total. The van der Waals surface area contributed by atoms with Gasteiger partial charge >= 0.3 is 0 Å². The lowest BCUT2D eigenvalue weighted by Gasteiger charge is -2.22. The van der Waals surface area contributed by atoms with Crippen molar-refractivity contribution in [3.63, 3.8) is 0 Å². The minimum Gasteiger partial charge on any atom is -0.494 e. The molecule has 0 aromatic heterocycles. The van der Waals surface area contributed by atoms with Gasteiger partial charge in [-0.15, -0.1) is 0 Å². The van der Waals surface area contributed by atoms with E-state index in [0.29, 0.717) is 55.7 Å². The molecule has 1 aliphatic heterocycles. The number of carbonyl (C=O) groups is 2. The Morgan fingerprint density at radius 2 is 1.16 bits per heavy atom. The quantitative estimate of drug-likeness (QED) is 0.622. The molecule has 2 amide bonds. The highest BCUT2D eigenvalue weighted by Crippen LogP contribution is 2.18. The molecule has 0 unspecified atom stereocenters. The molecule has 0 aliphatic carbocycles. The van der Waals surface area contributed by atoms with E-state index in [1.165, 1.54) is 0 Å². The number of hydrogen-bond acceptors (Lipinski definition) is 5. The summed E-state index contributed by atoms with van der Waals surface area (Å²) >= 11 is 5.85. The minimum atomic E-state index is -0.102. The molecule has 8 heteroatoms. The van der Waals surface area contributed by atoms with E-state index in [2.05, 4.69) is 0 Å². The average Bonchev–Trinajstić information content (AvgIpc) is 3.04. The molecular weight excluding hydrogens is 420 g/mol. The zero-order chi connectivity index (χ0) is 22.1. The van der Waals surface area contributed by atoms with Crippen LogP contribution < -0.4 is 14.2 Å². The van der Waals surface area contributed by atoms with Crippen molar-refractivity contribution >= 4 is 23.4 Å². The Hall–Kier alpha value is -2.93. The summed E-state index contributed by atoms with van der Waals surface area (Å²) in [6.45, 7) is 4.56. The van der Waals surface area contributed by atoms with Crippen LogP contribution in [-0.4, -0.2) is 67.6 Å². The minimum absolute atomic E-state index is 0.0401. The summed E-state index contributed by atoms with van der Waals surface area (Å²) in [6.07, 6.45) is 0.710. The van der Waals surface area contributed by atoms with Gasteiger partial charge in [0.25, 0.3) is 11.8 Å². The first-order valence-corrected chi connectivity index (χ1v) is 10.7. The lowest BCUT2D eigenvalue weighted by molar-refractivity contribution is -0.135. The third kappa shape index (κ3) is 7.07. The summed E-state index contributed by atoms with van der Waals surface area (Å²) in [6, 6.07) is 14.1. The Morgan fingerprint density at radius 3 is 1.61 bits per heavy atom. The fourth-order valence-electron chi connectivity index (χ4n) is 3.22. The molecule has 1 saturated heterocycles. The largest absolute Gasteiger partial charge is 0.494 e. The van der Waals surface area contributed by atoms with E-state index in [4.69, 9.17) is 25.8 Å². The van der Waals surface area contributed by atoms with E-state index < -0.39 is 0 Å². The van der Waals surface area contributed by atoms with Crippen LogP contribution in [0.2, 0.25) is 5.02 Å². The van der Waals surface area contributed by atoms with Gasteiger partial charge in [-0.1, -0.05) is 11.6 Å². The van der Waals surface area contributed by atoms with Gasteiger partial charge < -0.3 is 24.0 Å². The molecule has 0 bridgehead atoms. The van der Waals surface area contributed by atoms with Crippen LogP contribution in [0.5, 0.6) is 17.2 Å². The smallest absolute Gasteiger partial charge is 0.260 e. The molecule has 2 aromatic rings. The third-order valence-corrected chi connectivity index (χ3v) is 5.13. The van der Waals surface area contributed by atoms with Crippen LogP contribution in [-0.2, 0) is 9.59 Å². The van der Waals surface area contributed by atoms with Gasteiger partial charge in [0.1, 0.15) is 17.2 Å². The van der Waals surface area contributed by atoms with Gasteiger partial charge in [-0.3, -0.25) is 9.59 Å². The SMILES string of the molecule is CCOc1ccc(OCC(=O)N2CCCN(C(=O)COc3ccc(Cl)cc3)CC2)cc1. The van der Waals surface area contributed by atoms with Crippen molar-refractivity contribution in [3.8, 4) is 17.2 Å². The van der Waals surface area contributed by atoms with Gasteiger partial charge in [0.15, 0.2) is 13.2 Å². The fraction of sp³-hybridized carbons (Fsp3) is 0.391.